The lowest BCUT2D eigenvalue weighted by Crippen LogP contribution is -2.47. The molecular weight excluding hydrogens is 306 g/mol. The molecule has 0 radical (unpaired) electrons. The van der Waals surface area contributed by atoms with Gasteiger partial charge in [-0.2, -0.15) is 8.68 Å². The zero-order chi connectivity index (χ0) is 15.0. The van der Waals surface area contributed by atoms with Crippen LogP contribution in [0.15, 0.2) is 10.3 Å². The molecule has 7 heteroatoms. The summed E-state index contributed by atoms with van der Waals surface area (Å²) in [5.74, 6) is 0.563. The van der Waals surface area contributed by atoms with Crippen LogP contribution in [0.3, 0.4) is 0 Å². The standard InChI is InChI=1S/C14H23N3O2S2/c1-11-9-14(20-15-11)21(18,19)17(10-12-3-4-12)13-5-7-16(2)8-6-13/h9,12-13H,3-8,10H2,1-2H3. The fourth-order valence-corrected chi connectivity index (χ4v) is 5.71. The molecule has 2 fully saturated rings. The minimum Gasteiger partial charge on any atom is -0.306 e. The van der Waals surface area contributed by atoms with Gasteiger partial charge in [-0.25, -0.2) is 8.42 Å². The van der Waals surface area contributed by atoms with Gasteiger partial charge in [-0.1, -0.05) is 0 Å². The Hall–Kier alpha value is -0.500. The molecule has 0 amide bonds. The summed E-state index contributed by atoms with van der Waals surface area (Å²) in [7, 11) is -1.28. The van der Waals surface area contributed by atoms with E-state index in [1.165, 1.54) is 12.8 Å². The Morgan fingerprint density at radius 1 is 1.33 bits per heavy atom. The second kappa shape index (κ2) is 5.95. The Morgan fingerprint density at radius 3 is 2.52 bits per heavy atom. The summed E-state index contributed by atoms with van der Waals surface area (Å²) in [5.41, 5.74) is 0.785. The molecule has 5 nitrogen and oxygen atoms in total. The van der Waals surface area contributed by atoms with Crippen LogP contribution in [0.4, 0.5) is 0 Å². The van der Waals surface area contributed by atoms with Crippen LogP contribution in [0, 0.1) is 12.8 Å². The van der Waals surface area contributed by atoms with E-state index in [0.29, 0.717) is 16.7 Å². The molecule has 1 saturated heterocycles. The third-order valence-electron chi connectivity index (χ3n) is 4.40. The van der Waals surface area contributed by atoms with Crippen molar-refractivity contribution in [2.75, 3.05) is 26.7 Å². The fourth-order valence-electron chi connectivity index (χ4n) is 2.86. The number of hydrogen-bond acceptors (Lipinski definition) is 5. The number of nitrogens with zero attached hydrogens (tertiary/aromatic N) is 3. The van der Waals surface area contributed by atoms with Gasteiger partial charge in [-0.15, -0.1) is 0 Å². The third kappa shape index (κ3) is 3.47. The van der Waals surface area contributed by atoms with Crippen LogP contribution in [0.2, 0.25) is 0 Å². The van der Waals surface area contributed by atoms with Gasteiger partial charge in [0.1, 0.15) is 0 Å². The number of aromatic nitrogens is 1. The monoisotopic (exact) mass is 329 g/mol. The predicted molar refractivity (Wildman–Crippen MR) is 84.0 cm³/mol. The maximum atomic E-state index is 13.0. The van der Waals surface area contributed by atoms with Crippen LogP contribution in [-0.2, 0) is 10.0 Å². The number of hydrogen-bond donors (Lipinski definition) is 0. The zero-order valence-corrected chi connectivity index (χ0v) is 14.3. The SMILES string of the molecule is Cc1cc(S(=O)(=O)N(CC2CC2)C2CCN(C)CC2)sn1. The Bertz CT molecular complexity index is 587. The first kappa shape index (κ1) is 15.4. The second-order valence-electron chi connectivity index (χ2n) is 6.34. The van der Waals surface area contributed by atoms with Crippen molar-refractivity contribution in [2.45, 2.75) is 42.9 Å². The molecule has 2 heterocycles. The number of sulfonamides is 1. The van der Waals surface area contributed by atoms with Crippen molar-refractivity contribution in [3.8, 4) is 0 Å². The highest BCUT2D eigenvalue weighted by molar-refractivity contribution is 7.91. The lowest BCUT2D eigenvalue weighted by molar-refractivity contribution is 0.179. The number of rotatable bonds is 5. The van der Waals surface area contributed by atoms with Gasteiger partial charge in [-0.05, 0) is 76.3 Å². The van der Waals surface area contributed by atoms with E-state index in [9.17, 15) is 8.42 Å². The lowest BCUT2D eigenvalue weighted by Gasteiger charge is -2.36. The molecule has 0 bridgehead atoms. The van der Waals surface area contributed by atoms with Crippen molar-refractivity contribution in [1.82, 2.24) is 13.6 Å². The Kier molecular flexibility index (Phi) is 4.36. The van der Waals surface area contributed by atoms with E-state index in [4.69, 9.17) is 0 Å². The van der Waals surface area contributed by atoms with E-state index in [1.807, 2.05) is 6.92 Å². The van der Waals surface area contributed by atoms with E-state index in [0.717, 1.165) is 43.2 Å². The summed E-state index contributed by atoms with van der Waals surface area (Å²) in [6, 6.07) is 1.85. The van der Waals surface area contributed by atoms with Gasteiger partial charge >= 0.3 is 0 Å². The molecule has 2 aliphatic rings. The van der Waals surface area contributed by atoms with Crippen molar-refractivity contribution in [1.29, 1.82) is 0 Å². The molecule has 1 aliphatic carbocycles. The van der Waals surface area contributed by atoms with E-state index in [1.54, 1.807) is 10.4 Å². The highest BCUT2D eigenvalue weighted by atomic mass is 32.2. The molecule has 1 aromatic heterocycles. The number of likely N-dealkylation sites (tertiary alicyclic amines) is 1. The van der Waals surface area contributed by atoms with Crippen LogP contribution in [-0.4, -0.2) is 54.7 Å². The minimum absolute atomic E-state index is 0.147. The predicted octanol–water partition coefficient (Wildman–Crippen LogP) is 1.95. The normalized spacial score (nSPS) is 22.0. The molecule has 1 aliphatic heterocycles. The highest BCUT2D eigenvalue weighted by Crippen LogP contribution is 2.35. The maximum absolute atomic E-state index is 13.0. The zero-order valence-electron chi connectivity index (χ0n) is 12.7. The van der Waals surface area contributed by atoms with Crippen LogP contribution in [0.25, 0.3) is 0 Å². The van der Waals surface area contributed by atoms with Gasteiger partial charge in [-0.3, -0.25) is 0 Å². The van der Waals surface area contributed by atoms with Crippen LogP contribution in [0.1, 0.15) is 31.4 Å². The topological polar surface area (TPSA) is 53.5 Å². The van der Waals surface area contributed by atoms with E-state index in [-0.39, 0.29) is 6.04 Å². The van der Waals surface area contributed by atoms with Gasteiger partial charge in [0.2, 0.25) is 0 Å². The van der Waals surface area contributed by atoms with Gasteiger partial charge in [0.05, 0.1) is 5.69 Å². The molecule has 0 aromatic carbocycles. The Balaban J connectivity index is 1.84. The molecule has 1 saturated carbocycles. The van der Waals surface area contributed by atoms with E-state index < -0.39 is 10.0 Å². The Labute approximate surface area is 131 Å². The molecule has 0 unspecified atom stereocenters. The first-order valence-electron chi connectivity index (χ1n) is 7.60. The molecular formula is C14H23N3O2S2. The summed E-state index contributed by atoms with van der Waals surface area (Å²) in [6.45, 7) is 4.48. The van der Waals surface area contributed by atoms with Crippen molar-refractivity contribution in [3.63, 3.8) is 0 Å². The lowest BCUT2D eigenvalue weighted by atomic mass is 10.1. The van der Waals surface area contributed by atoms with Gasteiger partial charge in [0.15, 0.2) is 4.21 Å². The fraction of sp³-hybridized carbons (Fsp3) is 0.786. The van der Waals surface area contributed by atoms with Crippen LogP contribution in [0.5, 0.6) is 0 Å². The Morgan fingerprint density at radius 2 is 2.00 bits per heavy atom. The van der Waals surface area contributed by atoms with Crippen molar-refractivity contribution in [3.05, 3.63) is 11.8 Å². The quantitative estimate of drug-likeness (QED) is 0.828. The summed E-state index contributed by atoms with van der Waals surface area (Å²) >= 11 is 1.11. The van der Waals surface area contributed by atoms with Crippen molar-refractivity contribution in [2.24, 2.45) is 5.92 Å². The largest absolute Gasteiger partial charge is 0.306 e. The van der Waals surface area contributed by atoms with Crippen molar-refractivity contribution >= 4 is 21.6 Å². The third-order valence-corrected chi connectivity index (χ3v) is 7.62. The van der Waals surface area contributed by atoms with Gasteiger partial charge in [0, 0.05) is 12.6 Å². The van der Waals surface area contributed by atoms with Crippen LogP contribution < -0.4 is 0 Å². The van der Waals surface area contributed by atoms with E-state index in [2.05, 4.69) is 16.3 Å². The first-order chi connectivity index (χ1) is 9.96. The molecule has 3 rings (SSSR count). The highest BCUT2D eigenvalue weighted by Gasteiger charge is 2.38. The molecule has 1 aromatic rings. The smallest absolute Gasteiger partial charge is 0.254 e. The van der Waals surface area contributed by atoms with Crippen LogP contribution >= 0.6 is 11.5 Å². The molecule has 0 spiro atoms. The maximum Gasteiger partial charge on any atom is 0.254 e. The molecule has 0 N–H and O–H groups in total. The van der Waals surface area contributed by atoms with Gasteiger partial charge < -0.3 is 4.90 Å². The summed E-state index contributed by atoms with van der Waals surface area (Å²) < 4.78 is 32.3. The first-order valence-corrected chi connectivity index (χ1v) is 9.82. The molecule has 21 heavy (non-hydrogen) atoms. The van der Waals surface area contributed by atoms with E-state index >= 15 is 0 Å². The number of aryl methyl sites for hydroxylation is 1. The average molecular weight is 329 g/mol. The summed E-state index contributed by atoms with van der Waals surface area (Å²) in [6.07, 6.45) is 4.20. The summed E-state index contributed by atoms with van der Waals surface area (Å²) in [5, 5.41) is 0. The second-order valence-corrected chi connectivity index (χ2v) is 9.26. The minimum atomic E-state index is -3.38. The van der Waals surface area contributed by atoms with Crippen molar-refractivity contribution < 1.29 is 8.42 Å². The number of piperidine rings is 1. The van der Waals surface area contributed by atoms with Gasteiger partial charge in [0.25, 0.3) is 10.0 Å². The summed E-state index contributed by atoms with van der Waals surface area (Å²) in [4.78, 5) is 2.27. The average Bonchev–Trinajstić information content (AvgIpc) is 3.16. The molecule has 0 atom stereocenters. The molecule has 118 valence electrons.